The Morgan fingerprint density at radius 2 is 1.76 bits per heavy atom. The van der Waals surface area contributed by atoms with Crippen LogP contribution in [-0.4, -0.2) is 32.5 Å². The largest absolute Gasteiger partial charge is 0.497 e. The third-order valence-electron chi connectivity index (χ3n) is 4.86. The summed E-state index contributed by atoms with van der Waals surface area (Å²) in [5, 5.41) is 2.72. The second-order valence-corrected chi connectivity index (χ2v) is 7.05. The highest BCUT2D eigenvalue weighted by atomic mass is 19.1. The topological polar surface area (TPSA) is 83.1 Å². The Kier molecular flexibility index (Phi) is 6.26. The van der Waals surface area contributed by atoms with E-state index in [-0.39, 0.29) is 24.0 Å². The summed E-state index contributed by atoms with van der Waals surface area (Å²) in [6.45, 7) is -0.264. The molecule has 0 aromatic heterocycles. The molecule has 1 aliphatic rings. The van der Waals surface area contributed by atoms with Crippen molar-refractivity contribution in [2.24, 2.45) is 0 Å². The quantitative estimate of drug-likeness (QED) is 0.536. The first-order valence-corrected chi connectivity index (χ1v) is 9.95. The SMILES string of the molecule is COc1ccc(NC(=O)COc2ccc3c(c2)OC(=Cc2ccc(F)cc2)C3=O)c(OC)c1. The molecule has 0 unspecified atom stereocenters. The van der Waals surface area contributed by atoms with Gasteiger partial charge in [-0.3, -0.25) is 9.59 Å². The molecular formula is C25H20FNO6. The van der Waals surface area contributed by atoms with Gasteiger partial charge in [0.2, 0.25) is 5.78 Å². The van der Waals surface area contributed by atoms with Gasteiger partial charge in [-0.25, -0.2) is 4.39 Å². The number of amides is 1. The van der Waals surface area contributed by atoms with Gasteiger partial charge >= 0.3 is 0 Å². The highest BCUT2D eigenvalue weighted by Crippen LogP contribution is 2.35. The average Bonchev–Trinajstić information content (AvgIpc) is 3.13. The number of hydrogen-bond acceptors (Lipinski definition) is 6. The summed E-state index contributed by atoms with van der Waals surface area (Å²) in [5.74, 6) is 0.810. The molecule has 8 heteroatoms. The molecule has 1 amide bonds. The van der Waals surface area contributed by atoms with E-state index in [0.29, 0.717) is 39.8 Å². The maximum Gasteiger partial charge on any atom is 0.262 e. The molecule has 1 N–H and O–H groups in total. The minimum Gasteiger partial charge on any atom is -0.497 e. The number of nitrogens with one attached hydrogen (secondary N) is 1. The maximum atomic E-state index is 13.1. The Hall–Kier alpha value is -4.33. The van der Waals surface area contributed by atoms with Crippen LogP contribution in [0.25, 0.3) is 6.08 Å². The van der Waals surface area contributed by atoms with Crippen molar-refractivity contribution in [2.75, 3.05) is 26.1 Å². The minimum atomic E-state index is -0.396. The van der Waals surface area contributed by atoms with Gasteiger partial charge in [0.15, 0.2) is 12.4 Å². The second kappa shape index (κ2) is 9.44. The molecular weight excluding hydrogens is 429 g/mol. The van der Waals surface area contributed by atoms with Crippen LogP contribution in [0.1, 0.15) is 15.9 Å². The number of allylic oxidation sites excluding steroid dienone is 1. The van der Waals surface area contributed by atoms with Gasteiger partial charge in [0.05, 0.1) is 25.5 Å². The summed E-state index contributed by atoms with van der Waals surface area (Å²) in [6.07, 6.45) is 1.54. The van der Waals surface area contributed by atoms with Crippen LogP contribution < -0.4 is 24.3 Å². The van der Waals surface area contributed by atoms with Crippen molar-refractivity contribution in [3.8, 4) is 23.0 Å². The molecule has 3 aromatic rings. The molecule has 1 aliphatic heterocycles. The molecule has 0 atom stereocenters. The van der Waals surface area contributed by atoms with Gasteiger partial charge in [0, 0.05) is 12.1 Å². The van der Waals surface area contributed by atoms with Gasteiger partial charge in [-0.1, -0.05) is 12.1 Å². The van der Waals surface area contributed by atoms with E-state index in [4.69, 9.17) is 18.9 Å². The Morgan fingerprint density at radius 3 is 2.48 bits per heavy atom. The Labute approximate surface area is 189 Å². The first-order valence-electron chi connectivity index (χ1n) is 9.95. The summed E-state index contributed by atoms with van der Waals surface area (Å²) in [6, 6.07) is 15.4. The maximum absolute atomic E-state index is 13.1. The van der Waals surface area contributed by atoms with Crippen molar-refractivity contribution in [1.29, 1.82) is 0 Å². The summed E-state index contributed by atoms with van der Waals surface area (Å²) in [4.78, 5) is 24.9. The van der Waals surface area contributed by atoms with Crippen molar-refractivity contribution in [1.82, 2.24) is 0 Å². The lowest BCUT2D eigenvalue weighted by atomic mass is 10.1. The average molecular weight is 449 g/mol. The van der Waals surface area contributed by atoms with Gasteiger partial charge in [-0.15, -0.1) is 0 Å². The van der Waals surface area contributed by atoms with Crippen molar-refractivity contribution in [2.45, 2.75) is 0 Å². The van der Waals surface area contributed by atoms with E-state index >= 15 is 0 Å². The lowest BCUT2D eigenvalue weighted by molar-refractivity contribution is -0.118. The molecule has 3 aromatic carbocycles. The fraction of sp³-hybridized carbons (Fsp3) is 0.120. The molecule has 1 heterocycles. The van der Waals surface area contributed by atoms with Gasteiger partial charge < -0.3 is 24.3 Å². The number of methoxy groups -OCH3 is 2. The first-order chi connectivity index (χ1) is 16.0. The first kappa shape index (κ1) is 21.9. The molecule has 33 heavy (non-hydrogen) atoms. The Morgan fingerprint density at radius 1 is 1.00 bits per heavy atom. The Bertz CT molecular complexity index is 1240. The molecule has 4 rings (SSSR count). The molecule has 7 nitrogen and oxygen atoms in total. The van der Waals surface area contributed by atoms with E-state index in [2.05, 4.69) is 5.32 Å². The number of fused-ring (bicyclic) bond motifs is 1. The van der Waals surface area contributed by atoms with Gasteiger partial charge in [0.1, 0.15) is 28.8 Å². The van der Waals surface area contributed by atoms with E-state index in [9.17, 15) is 14.0 Å². The zero-order chi connectivity index (χ0) is 23.4. The van der Waals surface area contributed by atoms with E-state index in [1.165, 1.54) is 32.4 Å². The normalized spacial score (nSPS) is 13.3. The van der Waals surface area contributed by atoms with Crippen LogP contribution in [0.5, 0.6) is 23.0 Å². The zero-order valence-electron chi connectivity index (χ0n) is 17.9. The van der Waals surface area contributed by atoms with Crippen LogP contribution in [-0.2, 0) is 4.79 Å². The predicted octanol–water partition coefficient (Wildman–Crippen LogP) is 4.48. The number of hydrogen-bond donors (Lipinski definition) is 1. The van der Waals surface area contributed by atoms with Crippen LogP contribution in [0.15, 0.2) is 66.4 Å². The predicted molar refractivity (Wildman–Crippen MR) is 119 cm³/mol. The van der Waals surface area contributed by atoms with Gasteiger partial charge in [0.25, 0.3) is 5.91 Å². The number of benzene rings is 3. The summed E-state index contributed by atoms with van der Waals surface area (Å²) < 4.78 is 34.7. The third-order valence-corrected chi connectivity index (χ3v) is 4.86. The number of anilines is 1. The third kappa shape index (κ3) is 4.95. The summed E-state index contributed by atoms with van der Waals surface area (Å²) in [5.41, 5.74) is 1.49. The fourth-order valence-corrected chi connectivity index (χ4v) is 3.20. The minimum absolute atomic E-state index is 0.123. The van der Waals surface area contributed by atoms with E-state index < -0.39 is 5.91 Å². The smallest absolute Gasteiger partial charge is 0.262 e. The lowest BCUT2D eigenvalue weighted by Gasteiger charge is -2.12. The van der Waals surface area contributed by atoms with E-state index in [1.807, 2.05) is 0 Å². The van der Waals surface area contributed by atoms with Crippen molar-refractivity contribution < 1.29 is 32.9 Å². The van der Waals surface area contributed by atoms with Crippen molar-refractivity contribution in [3.63, 3.8) is 0 Å². The fourth-order valence-electron chi connectivity index (χ4n) is 3.20. The van der Waals surface area contributed by atoms with Gasteiger partial charge in [-0.05, 0) is 48.0 Å². The monoisotopic (exact) mass is 449 g/mol. The van der Waals surface area contributed by atoms with Crippen LogP contribution in [0.4, 0.5) is 10.1 Å². The van der Waals surface area contributed by atoms with E-state index in [0.717, 1.165) is 0 Å². The van der Waals surface area contributed by atoms with Crippen molar-refractivity contribution in [3.05, 3.63) is 83.4 Å². The highest BCUT2D eigenvalue weighted by Gasteiger charge is 2.27. The van der Waals surface area contributed by atoms with Crippen LogP contribution in [0.2, 0.25) is 0 Å². The molecule has 0 aliphatic carbocycles. The van der Waals surface area contributed by atoms with Crippen LogP contribution in [0, 0.1) is 5.82 Å². The summed E-state index contributed by atoms with van der Waals surface area (Å²) in [7, 11) is 3.03. The van der Waals surface area contributed by atoms with Crippen molar-refractivity contribution >= 4 is 23.5 Å². The van der Waals surface area contributed by atoms with Crippen LogP contribution >= 0.6 is 0 Å². The number of carbonyl (C=O) groups is 2. The molecule has 0 bridgehead atoms. The molecule has 168 valence electrons. The lowest BCUT2D eigenvalue weighted by Crippen LogP contribution is -2.20. The summed E-state index contributed by atoms with van der Waals surface area (Å²) >= 11 is 0. The highest BCUT2D eigenvalue weighted by molar-refractivity contribution is 6.14. The Balaban J connectivity index is 1.40. The molecule has 0 saturated heterocycles. The number of halogens is 1. The molecule has 0 radical (unpaired) electrons. The number of ketones is 1. The number of ether oxygens (including phenoxy) is 4. The number of carbonyl (C=O) groups excluding carboxylic acids is 2. The zero-order valence-corrected chi connectivity index (χ0v) is 17.9. The second-order valence-electron chi connectivity index (χ2n) is 7.05. The van der Waals surface area contributed by atoms with Crippen LogP contribution in [0.3, 0.4) is 0 Å². The molecule has 0 spiro atoms. The molecule has 0 saturated carbocycles. The standard InChI is InChI=1S/C25H20FNO6/c1-30-17-8-10-20(22(12-17)31-2)27-24(28)14-32-18-7-9-19-21(13-18)33-23(25(19)29)11-15-3-5-16(26)6-4-15/h3-13H,14H2,1-2H3,(H,27,28). The molecule has 0 fully saturated rings. The van der Waals surface area contributed by atoms with E-state index in [1.54, 1.807) is 48.5 Å². The number of rotatable bonds is 7. The number of Topliss-reactive ketones (excluding diaryl/α,β-unsaturated/α-hetero) is 1. The van der Waals surface area contributed by atoms with Gasteiger partial charge in [-0.2, -0.15) is 0 Å².